The molecule has 0 saturated carbocycles. The van der Waals surface area contributed by atoms with Gasteiger partial charge in [0.25, 0.3) is 0 Å². The van der Waals surface area contributed by atoms with Crippen molar-refractivity contribution in [2.24, 2.45) is 0 Å². The molecule has 7 nitrogen and oxygen atoms in total. The van der Waals surface area contributed by atoms with E-state index in [9.17, 15) is 31.5 Å². The van der Waals surface area contributed by atoms with Crippen LogP contribution in [0, 0.1) is 5.82 Å². The second kappa shape index (κ2) is 9.10. The van der Waals surface area contributed by atoms with Crippen LogP contribution in [0.15, 0.2) is 48.9 Å². The molecule has 4 aromatic rings. The molecule has 0 radical (unpaired) electrons. The van der Waals surface area contributed by atoms with Crippen molar-refractivity contribution in [3.8, 4) is 0 Å². The Labute approximate surface area is 241 Å². The van der Waals surface area contributed by atoms with Crippen LogP contribution in [0.2, 0.25) is 0 Å². The Morgan fingerprint density at radius 3 is 2.47 bits per heavy atom. The van der Waals surface area contributed by atoms with E-state index in [0.29, 0.717) is 39.7 Å². The SMILES string of the molecule is CC1(F)C(F)(F)CN(C(=O)N2CCn3cc(C4=C(c5cnc6ccccn56)CCC4=O)c4cc(F)cc(c43)C2)CC1(F)F. The van der Waals surface area contributed by atoms with Gasteiger partial charge in [0.05, 0.1) is 30.5 Å². The third-order valence-electron chi connectivity index (χ3n) is 8.86. The number of urea groups is 1. The van der Waals surface area contributed by atoms with Gasteiger partial charge in [-0.05, 0) is 48.7 Å². The molecule has 2 amide bonds. The number of halogens is 6. The Morgan fingerprint density at radius 1 is 0.977 bits per heavy atom. The highest BCUT2D eigenvalue weighted by Gasteiger charge is 2.71. The summed E-state index contributed by atoms with van der Waals surface area (Å²) in [5.41, 5.74) is -0.0519. The van der Waals surface area contributed by atoms with Crippen LogP contribution >= 0.6 is 0 Å². The number of Topliss-reactive ketones (excluding diaryl/α,β-unsaturated/α-hetero) is 1. The number of rotatable bonds is 2. The zero-order valence-corrected chi connectivity index (χ0v) is 22.9. The predicted octanol–water partition coefficient (Wildman–Crippen LogP) is 5.95. The third kappa shape index (κ3) is 4.00. The Morgan fingerprint density at radius 2 is 1.72 bits per heavy atom. The highest BCUT2D eigenvalue weighted by molar-refractivity contribution is 6.33. The van der Waals surface area contributed by atoms with Gasteiger partial charge in [0.2, 0.25) is 5.67 Å². The summed E-state index contributed by atoms with van der Waals surface area (Å²) in [7, 11) is 0. The number of hydrogen-bond donors (Lipinski definition) is 0. The monoisotopic (exact) mass is 601 g/mol. The molecule has 0 N–H and O–H groups in total. The summed E-state index contributed by atoms with van der Waals surface area (Å²) >= 11 is 0. The zero-order chi connectivity index (χ0) is 30.5. The molecule has 13 heteroatoms. The molecule has 1 saturated heterocycles. The van der Waals surface area contributed by atoms with E-state index in [1.165, 1.54) is 12.1 Å². The van der Waals surface area contributed by atoms with E-state index in [2.05, 4.69) is 4.98 Å². The van der Waals surface area contributed by atoms with Gasteiger partial charge < -0.3 is 14.4 Å². The summed E-state index contributed by atoms with van der Waals surface area (Å²) in [5, 5.41) is 0.435. The maximum atomic E-state index is 15.1. The molecule has 5 heterocycles. The van der Waals surface area contributed by atoms with Crippen molar-refractivity contribution in [2.45, 2.75) is 50.4 Å². The van der Waals surface area contributed by atoms with Crippen molar-refractivity contribution < 1.29 is 35.9 Å². The minimum atomic E-state index is -4.48. The fourth-order valence-electron chi connectivity index (χ4n) is 6.48. The fourth-order valence-corrected chi connectivity index (χ4v) is 6.48. The van der Waals surface area contributed by atoms with Crippen molar-refractivity contribution in [3.05, 3.63) is 71.6 Å². The lowest BCUT2D eigenvalue weighted by Gasteiger charge is -2.46. The summed E-state index contributed by atoms with van der Waals surface area (Å²) in [6.45, 7) is -3.10. The van der Waals surface area contributed by atoms with Gasteiger partial charge in [0, 0.05) is 55.0 Å². The number of pyridine rings is 1. The molecule has 7 rings (SSSR count). The number of aromatic nitrogens is 3. The lowest BCUT2D eigenvalue weighted by Crippen LogP contribution is -2.69. The van der Waals surface area contributed by atoms with Crippen LogP contribution in [0.3, 0.4) is 0 Å². The van der Waals surface area contributed by atoms with E-state index in [4.69, 9.17) is 0 Å². The zero-order valence-electron chi connectivity index (χ0n) is 22.9. The topological polar surface area (TPSA) is 62.9 Å². The van der Waals surface area contributed by atoms with Crippen LogP contribution in [-0.4, -0.2) is 72.7 Å². The Kier molecular flexibility index (Phi) is 5.83. The van der Waals surface area contributed by atoms with Crippen molar-refractivity contribution in [3.63, 3.8) is 0 Å². The summed E-state index contributed by atoms with van der Waals surface area (Å²) in [5.74, 6) is -9.72. The average molecular weight is 602 g/mol. The molecule has 43 heavy (non-hydrogen) atoms. The lowest BCUT2D eigenvalue weighted by atomic mass is 9.88. The number of alkyl halides is 5. The number of benzene rings is 1. The highest BCUT2D eigenvalue weighted by atomic mass is 19.3. The highest BCUT2D eigenvalue weighted by Crippen LogP contribution is 2.48. The van der Waals surface area contributed by atoms with Crippen molar-refractivity contribution >= 4 is 39.5 Å². The fraction of sp³-hybridized carbons (Fsp3) is 0.367. The summed E-state index contributed by atoms with van der Waals surface area (Å²) < 4.78 is 90.8. The maximum absolute atomic E-state index is 15.1. The van der Waals surface area contributed by atoms with Crippen LogP contribution in [0.5, 0.6) is 0 Å². The lowest BCUT2D eigenvalue weighted by molar-refractivity contribution is -0.272. The van der Waals surface area contributed by atoms with E-state index in [0.717, 1.165) is 16.2 Å². The van der Waals surface area contributed by atoms with Crippen molar-refractivity contribution in [1.29, 1.82) is 0 Å². The first kappa shape index (κ1) is 27.5. The Hall–Kier alpha value is -4.29. The predicted molar refractivity (Wildman–Crippen MR) is 145 cm³/mol. The minimum absolute atomic E-state index is 0.0774. The van der Waals surface area contributed by atoms with Crippen LogP contribution in [0.1, 0.15) is 36.6 Å². The number of allylic oxidation sites excluding steroid dienone is 2. The standard InChI is InChI=1S/C30H25F6N5O2/c1-28(32)29(33,34)15-40(16-30(28,35)36)27(43)39-9-8-38-14-21(20-11-18(31)10-17(13-39)26(20)38)25-19(5-6-23(25)42)22-12-37-24-4-2-3-7-41(22)24/h2-4,7,10-12,14H,5-6,8-9,13,15-16H2,1H3. The molecular weight excluding hydrogens is 576 g/mol. The molecule has 0 spiro atoms. The first-order valence-electron chi connectivity index (χ1n) is 13.8. The van der Waals surface area contributed by atoms with Crippen molar-refractivity contribution in [1.82, 2.24) is 23.8 Å². The van der Waals surface area contributed by atoms with Crippen LogP contribution in [0.25, 0.3) is 27.7 Å². The van der Waals surface area contributed by atoms with Crippen LogP contribution < -0.4 is 0 Å². The molecule has 224 valence electrons. The number of nitrogens with zero attached hydrogens (tertiary/aromatic N) is 5. The van der Waals surface area contributed by atoms with E-state index in [1.54, 1.807) is 17.0 Å². The number of likely N-dealkylation sites (tertiary alicyclic amines) is 1. The normalized spacial score (nSPS) is 21.2. The summed E-state index contributed by atoms with van der Waals surface area (Å²) in [6.07, 6.45) is 5.99. The molecule has 0 atom stereocenters. The Balaban J connectivity index is 1.28. The third-order valence-corrected chi connectivity index (χ3v) is 8.86. The summed E-state index contributed by atoms with van der Waals surface area (Å²) in [6, 6.07) is 6.93. The molecule has 2 aliphatic heterocycles. The maximum Gasteiger partial charge on any atom is 0.320 e. The number of amides is 2. The molecule has 1 aliphatic carbocycles. The van der Waals surface area contributed by atoms with E-state index < -0.39 is 42.5 Å². The van der Waals surface area contributed by atoms with E-state index in [-0.39, 0.29) is 43.7 Å². The number of fused-ring (bicyclic) bond motifs is 1. The molecule has 3 aliphatic rings. The quantitative estimate of drug-likeness (QED) is 0.267. The molecule has 0 bridgehead atoms. The number of carbonyl (C=O) groups is 2. The second-order valence-electron chi connectivity index (χ2n) is 11.5. The minimum Gasteiger partial charge on any atom is -0.345 e. The average Bonchev–Trinajstić information content (AvgIpc) is 3.59. The van der Waals surface area contributed by atoms with Gasteiger partial charge in [-0.15, -0.1) is 0 Å². The first-order valence-corrected chi connectivity index (χ1v) is 13.8. The van der Waals surface area contributed by atoms with E-state index >= 15 is 4.39 Å². The van der Waals surface area contributed by atoms with Gasteiger partial charge in [0.15, 0.2) is 5.78 Å². The van der Waals surface area contributed by atoms with Gasteiger partial charge in [-0.2, -0.15) is 0 Å². The first-order chi connectivity index (χ1) is 20.3. The number of carbonyl (C=O) groups excluding carboxylic acids is 2. The second-order valence-corrected chi connectivity index (χ2v) is 11.5. The van der Waals surface area contributed by atoms with Gasteiger partial charge in [-0.25, -0.2) is 36.1 Å². The summed E-state index contributed by atoms with van der Waals surface area (Å²) in [4.78, 5) is 32.3. The van der Waals surface area contributed by atoms with Gasteiger partial charge in [0.1, 0.15) is 11.5 Å². The van der Waals surface area contributed by atoms with Gasteiger partial charge in [-0.1, -0.05) is 6.07 Å². The Bertz CT molecular complexity index is 1850. The molecule has 1 aromatic carbocycles. The molecule has 0 unspecified atom stereocenters. The van der Waals surface area contributed by atoms with Gasteiger partial charge >= 0.3 is 17.9 Å². The smallest absolute Gasteiger partial charge is 0.320 e. The molecule has 1 fully saturated rings. The van der Waals surface area contributed by atoms with E-state index in [1.807, 2.05) is 28.8 Å². The largest absolute Gasteiger partial charge is 0.345 e. The number of ketones is 1. The number of piperidine rings is 1. The number of hydrogen-bond acceptors (Lipinski definition) is 3. The van der Waals surface area contributed by atoms with Crippen molar-refractivity contribution in [2.75, 3.05) is 19.6 Å². The van der Waals surface area contributed by atoms with Gasteiger partial charge in [-0.3, -0.25) is 9.20 Å². The molecular formula is C30H25F6N5O2. The number of imidazole rings is 1. The van der Waals surface area contributed by atoms with Crippen LogP contribution in [0.4, 0.5) is 31.1 Å². The molecule has 3 aromatic heterocycles. The van der Waals surface area contributed by atoms with Crippen LogP contribution in [-0.2, 0) is 17.9 Å².